The van der Waals surface area contributed by atoms with E-state index < -0.39 is 0 Å². The lowest BCUT2D eigenvalue weighted by atomic mass is 10.3. The molecule has 4 heteroatoms. The van der Waals surface area contributed by atoms with Gasteiger partial charge in [0.05, 0.1) is 6.20 Å². The molecule has 0 aliphatic heterocycles. The van der Waals surface area contributed by atoms with Crippen LogP contribution in [0.2, 0.25) is 0 Å². The average Bonchev–Trinajstić information content (AvgIpc) is 2.51. The number of hydrogen-bond donors (Lipinski definition) is 0. The number of aryl methyl sites for hydroxylation is 1. The van der Waals surface area contributed by atoms with E-state index in [2.05, 4.69) is 22.0 Å². The third-order valence-corrected chi connectivity index (χ3v) is 1.68. The van der Waals surface area contributed by atoms with E-state index in [-0.39, 0.29) is 0 Å². The molecule has 0 aromatic carbocycles. The largest absolute Gasteiger partial charge is 0.221 e. The highest BCUT2D eigenvalue weighted by Gasteiger charge is 1.97. The molecule has 0 spiro atoms. The molecule has 2 aromatic rings. The van der Waals surface area contributed by atoms with Gasteiger partial charge in [-0.25, -0.2) is 14.5 Å². The van der Waals surface area contributed by atoms with E-state index in [0.29, 0.717) is 0 Å². The summed E-state index contributed by atoms with van der Waals surface area (Å²) in [6.45, 7) is 2.12. The first kappa shape index (κ1) is 7.21. The summed E-state index contributed by atoms with van der Waals surface area (Å²) in [6, 6.07) is 1.88. The second kappa shape index (κ2) is 2.89. The van der Waals surface area contributed by atoms with Gasteiger partial charge in [0, 0.05) is 12.5 Å². The Kier molecular flexibility index (Phi) is 1.74. The minimum absolute atomic E-state index is 0.869. The van der Waals surface area contributed by atoms with Gasteiger partial charge in [-0.2, -0.15) is 5.10 Å². The first-order valence-electron chi connectivity index (χ1n) is 4.05. The van der Waals surface area contributed by atoms with Gasteiger partial charge in [-0.3, -0.25) is 0 Å². The van der Waals surface area contributed by atoms with Crippen LogP contribution >= 0.6 is 0 Å². The highest BCUT2D eigenvalue weighted by atomic mass is 15.3. The van der Waals surface area contributed by atoms with Gasteiger partial charge in [-0.15, -0.1) is 0 Å². The Labute approximate surface area is 70.3 Å². The number of fused-ring (bicyclic) bond motifs is 1. The van der Waals surface area contributed by atoms with Crippen LogP contribution in [0, 0.1) is 0 Å². The Morgan fingerprint density at radius 2 is 2.42 bits per heavy atom. The predicted molar refractivity (Wildman–Crippen MR) is 44.8 cm³/mol. The van der Waals surface area contributed by atoms with Crippen molar-refractivity contribution in [2.75, 3.05) is 0 Å². The van der Waals surface area contributed by atoms with Crippen LogP contribution in [0.15, 0.2) is 18.6 Å². The van der Waals surface area contributed by atoms with Crippen molar-refractivity contribution in [2.45, 2.75) is 19.8 Å². The molecule has 2 aromatic heterocycles. The zero-order valence-electron chi connectivity index (χ0n) is 6.94. The van der Waals surface area contributed by atoms with Crippen LogP contribution in [0.5, 0.6) is 0 Å². The molecule has 0 unspecified atom stereocenters. The van der Waals surface area contributed by atoms with E-state index in [1.54, 1.807) is 17.0 Å². The smallest absolute Gasteiger partial charge is 0.158 e. The van der Waals surface area contributed by atoms with E-state index in [9.17, 15) is 0 Å². The van der Waals surface area contributed by atoms with Gasteiger partial charge in [-0.05, 0) is 6.42 Å². The van der Waals surface area contributed by atoms with Gasteiger partial charge in [-0.1, -0.05) is 6.92 Å². The van der Waals surface area contributed by atoms with Gasteiger partial charge in [0.25, 0.3) is 0 Å². The molecule has 12 heavy (non-hydrogen) atoms. The van der Waals surface area contributed by atoms with Gasteiger partial charge in [0.15, 0.2) is 5.65 Å². The van der Waals surface area contributed by atoms with Crippen molar-refractivity contribution in [2.24, 2.45) is 0 Å². The Morgan fingerprint density at radius 3 is 3.25 bits per heavy atom. The zero-order valence-corrected chi connectivity index (χ0v) is 6.94. The second-order valence-corrected chi connectivity index (χ2v) is 2.66. The van der Waals surface area contributed by atoms with Crippen LogP contribution in [0.1, 0.15) is 19.2 Å². The van der Waals surface area contributed by atoms with Crippen molar-refractivity contribution in [3.8, 4) is 0 Å². The topological polar surface area (TPSA) is 43.1 Å². The molecule has 0 amide bonds. The summed E-state index contributed by atoms with van der Waals surface area (Å²) in [5.74, 6) is 0.894. The van der Waals surface area contributed by atoms with Crippen LogP contribution in [0.3, 0.4) is 0 Å². The van der Waals surface area contributed by atoms with Crippen molar-refractivity contribution in [3.63, 3.8) is 0 Å². The molecule has 0 aliphatic rings. The molecule has 0 saturated carbocycles. The molecule has 2 heterocycles. The maximum absolute atomic E-state index is 4.31. The number of nitrogens with zero attached hydrogens (tertiary/aromatic N) is 4. The van der Waals surface area contributed by atoms with Gasteiger partial charge >= 0.3 is 0 Å². The summed E-state index contributed by atoms with van der Waals surface area (Å²) in [4.78, 5) is 8.47. The molecular weight excluding hydrogens is 152 g/mol. The summed E-state index contributed by atoms with van der Waals surface area (Å²) in [6.07, 6.45) is 5.43. The van der Waals surface area contributed by atoms with Crippen molar-refractivity contribution >= 4 is 5.65 Å². The lowest BCUT2D eigenvalue weighted by Crippen LogP contribution is -1.98. The molecule has 0 radical (unpaired) electrons. The van der Waals surface area contributed by atoms with Crippen molar-refractivity contribution in [1.29, 1.82) is 0 Å². The predicted octanol–water partition coefficient (Wildman–Crippen LogP) is 1.08. The molecule has 62 valence electrons. The van der Waals surface area contributed by atoms with E-state index >= 15 is 0 Å². The summed E-state index contributed by atoms with van der Waals surface area (Å²) in [7, 11) is 0. The Hall–Kier alpha value is -1.45. The van der Waals surface area contributed by atoms with Gasteiger partial charge < -0.3 is 0 Å². The molecule has 0 atom stereocenters. The first-order valence-corrected chi connectivity index (χ1v) is 4.05. The quantitative estimate of drug-likeness (QED) is 0.663. The van der Waals surface area contributed by atoms with Crippen molar-refractivity contribution in [3.05, 3.63) is 24.4 Å². The Balaban J connectivity index is 2.46. The minimum atomic E-state index is 0.869. The highest BCUT2D eigenvalue weighted by molar-refractivity contribution is 5.34. The molecule has 0 bridgehead atoms. The van der Waals surface area contributed by atoms with Crippen LogP contribution in [-0.2, 0) is 6.42 Å². The molecule has 0 aliphatic carbocycles. The molecule has 2 rings (SSSR count). The maximum Gasteiger partial charge on any atom is 0.158 e. The molecule has 0 fully saturated rings. The first-order chi connectivity index (χ1) is 5.90. The van der Waals surface area contributed by atoms with E-state index in [4.69, 9.17) is 0 Å². The standard InChI is InChI=1S/C8H10N4/c1-2-3-7-9-6-12-8(11-7)4-5-10-12/h4-6H,2-3H2,1H3. The third kappa shape index (κ3) is 1.15. The third-order valence-electron chi connectivity index (χ3n) is 1.68. The zero-order chi connectivity index (χ0) is 8.39. The summed E-state index contributed by atoms with van der Waals surface area (Å²) in [5, 5.41) is 4.01. The van der Waals surface area contributed by atoms with Crippen LogP contribution in [0.25, 0.3) is 5.65 Å². The second-order valence-electron chi connectivity index (χ2n) is 2.66. The van der Waals surface area contributed by atoms with Crippen molar-refractivity contribution < 1.29 is 0 Å². The maximum atomic E-state index is 4.31. The summed E-state index contributed by atoms with van der Waals surface area (Å²) < 4.78 is 1.67. The lowest BCUT2D eigenvalue weighted by Gasteiger charge is -1.96. The van der Waals surface area contributed by atoms with E-state index in [1.165, 1.54) is 0 Å². The van der Waals surface area contributed by atoms with Gasteiger partial charge in [0.2, 0.25) is 0 Å². The Morgan fingerprint density at radius 1 is 1.50 bits per heavy atom. The normalized spacial score (nSPS) is 10.8. The molecule has 0 N–H and O–H groups in total. The fourth-order valence-electron chi connectivity index (χ4n) is 1.11. The molecular formula is C8H10N4. The van der Waals surface area contributed by atoms with Crippen LogP contribution < -0.4 is 0 Å². The minimum Gasteiger partial charge on any atom is -0.221 e. The number of aromatic nitrogens is 4. The van der Waals surface area contributed by atoms with E-state index in [0.717, 1.165) is 24.3 Å². The van der Waals surface area contributed by atoms with Crippen molar-refractivity contribution in [1.82, 2.24) is 19.6 Å². The molecule has 0 saturated heterocycles. The average molecular weight is 162 g/mol. The number of rotatable bonds is 2. The highest BCUT2D eigenvalue weighted by Crippen LogP contribution is 1.99. The summed E-state index contributed by atoms with van der Waals surface area (Å²) >= 11 is 0. The fourth-order valence-corrected chi connectivity index (χ4v) is 1.11. The number of hydrogen-bond acceptors (Lipinski definition) is 3. The summed E-state index contributed by atoms with van der Waals surface area (Å²) in [5.41, 5.74) is 0.869. The SMILES string of the molecule is CCCc1ncn2nccc2n1. The Bertz CT molecular complexity index is 379. The van der Waals surface area contributed by atoms with Gasteiger partial charge in [0.1, 0.15) is 12.2 Å². The molecule has 4 nitrogen and oxygen atoms in total. The van der Waals surface area contributed by atoms with E-state index in [1.807, 2.05) is 6.07 Å². The van der Waals surface area contributed by atoms with Crippen LogP contribution in [-0.4, -0.2) is 19.6 Å². The fraction of sp³-hybridized carbons (Fsp3) is 0.375. The lowest BCUT2D eigenvalue weighted by molar-refractivity contribution is 0.795. The van der Waals surface area contributed by atoms with Crippen LogP contribution in [0.4, 0.5) is 0 Å². The monoisotopic (exact) mass is 162 g/mol.